The quantitative estimate of drug-likeness (QED) is 0.274. The zero-order valence-corrected chi connectivity index (χ0v) is 22.3. The standard InChI is InChI=1S/C29H24ClN3O7/c1-37-25-10-9-19(28(32-25)38-2)18-4-3-12-31-26(18)33-27(34)16-5-7-17(8-6-16)40-24-15-23-21(14-22(24)30)20(29(35)36)11-13-39-23/h3-10,12,14-15,20H,11,13H2,1-2H3,(H,35,36)(H,31,33,34). The lowest BCUT2D eigenvalue weighted by Gasteiger charge is -2.24. The molecule has 204 valence electrons. The van der Waals surface area contributed by atoms with Gasteiger partial charge in [-0.25, -0.2) is 4.98 Å². The van der Waals surface area contributed by atoms with Crippen LogP contribution in [0.2, 0.25) is 5.02 Å². The second kappa shape index (κ2) is 11.5. The fourth-order valence-electron chi connectivity index (χ4n) is 4.33. The number of pyridine rings is 2. The summed E-state index contributed by atoms with van der Waals surface area (Å²) >= 11 is 6.39. The number of carbonyl (C=O) groups is 2. The molecule has 10 nitrogen and oxygen atoms in total. The maximum Gasteiger partial charge on any atom is 0.311 e. The summed E-state index contributed by atoms with van der Waals surface area (Å²) in [6, 6.07) is 16.6. The molecule has 1 aliphatic rings. The number of hydrogen-bond acceptors (Lipinski definition) is 8. The molecule has 0 aliphatic carbocycles. The van der Waals surface area contributed by atoms with Gasteiger partial charge in [0.1, 0.15) is 23.1 Å². The number of ether oxygens (including phenoxy) is 4. The molecule has 2 aromatic carbocycles. The predicted octanol–water partition coefficient (Wildman–Crippen LogP) is 5.81. The van der Waals surface area contributed by atoms with Crippen LogP contribution in [0.3, 0.4) is 0 Å². The van der Waals surface area contributed by atoms with Gasteiger partial charge in [0.2, 0.25) is 11.8 Å². The first-order chi connectivity index (χ1) is 19.4. The molecule has 0 saturated carbocycles. The number of aliphatic carboxylic acids is 1. The van der Waals surface area contributed by atoms with Crippen LogP contribution in [0.4, 0.5) is 5.82 Å². The van der Waals surface area contributed by atoms with E-state index < -0.39 is 11.9 Å². The van der Waals surface area contributed by atoms with Crippen molar-refractivity contribution in [3.63, 3.8) is 0 Å². The van der Waals surface area contributed by atoms with Crippen molar-refractivity contribution in [1.82, 2.24) is 9.97 Å². The summed E-state index contributed by atoms with van der Waals surface area (Å²) in [5.74, 6) is 0.213. The maximum atomic E-state index is 13.1. The molecule has 3 heterocycles. The third-order valence-electron chi connectivity index (χ3n) is 6.31. The smallest absolute Gasteiger partial charge is 0.311 e. The monoisotopic (exact) mass is 561 g/mol. The van der Waals surface area contributed by atoms with E-state index in [1.807, 2.05) is 0 Å². The van der Waals surface area contributed by atoms with Gasteiger partial charge in [-0.2, -0.15) is 4.98 Å². The number of benzene rings is 2. The molecule has 0 bridgehead atoms. The zero-order chi connectivity index (χ0) is 28.2. The fourth-order valence-corrected chi connectivity index (χ4v) is 4.54. The number of nitrogens with one attached hydrogen (secondary N) is 1. The van der Waals surface area contributed by atoms with Crippen LogP contribution in [0, 0.1) is 0 Å². The number of methoxy groups -OCH3 is 2. The number of fused-ring (bicyclic) bond motifs is 1. The summed E-state index contributed by atoms with van der Waals surface area (Å²) in [5, 5.41) is 12.6. The topological polar surface area (TPSA) is 129 Å². The van der Waals surface area contributed by atoms with Gasteiger partial charge in [0.15, 0.2) is 0 Å². The lowest BCUT2D eigenvalue weighted by Crippen LogP contribution is -2.20. The van der Waals surface area contributed by atoms with Crippen molar-refractivity contribution >= 4 is 29.3 Å². The minimum absolute atomic E-state index is 0.253. The fraction of sp³-hybridized carbons (Fsp3) is 0.172. The van der Waals surface area contributed by atoms with Crippen molar-refractivity contribution in [3.05, 3.63) is 83.0 Å². The predicted molar refractivity (Wildman–Crippen MR) is 147 cm³/mol. The van der Waals surface area contributed by atoms with E-state index in [2.05, 4.69) is 15.3 Å². The molecule has 2 N–H and O–H groups in total. The number of aromatic nitrogens is 2. The minimum atomic E-state index is -0.930. The molecule has 5 rings (SSSR count). The summed E-state index contributed by atoms with van der Waals surface area (Å²) in [6.45, 7) is 0.286. The van der Waals surface area contributed by atoms with Crippen LogP contribution in [0.5, 0.6) is 29.0 Å². The van der Waals surface area contributed by atoms with Crippen LogP contribution in [0.15, 0.2) is 66.9 Å². The molecular weight excluding hydrogens is 538 g/mol. The third kappa shape index (κ3) is 5.48. The SMILES string of the molecule is COc1ccc(-c2cccnc2NC(=O)c2ccc(Oc3cc4c(cc3Cl)C(C(=O)O)CCO4)cc2)c(OC)n1. The molecular formula is C29H24ClN3O7. The van der Waals surface area contributed by atoms with Crippen molar-refractivity contribution in [2.24, 2.45) is 0 Å². The van der Waals surface area contributed by atoms with Crippen LogP contribution in [0.25, 0.3) is 11.1 Å². The van der Waals surface area contributed by atoms with E-state index in [0.29, 0.717) is 63.5 Å². The van der Waals surface area contributed by atoms with Crippen LogP contribution >= 0.6 is 11.6 Å². The molecule has 2 aromatic heterocycles. The van der Waals surface area contributed by atoms with Gasteiger partial charge >= 0.3 is 5.97 Å². The highest BCUT2D eigenvalue weighted by Crippen LogP contribution is 2.42. The second-order valence-corrected chi connectivity index (χ2v) is 9.15. The highest BCUT2D eigenvalue weighted by atomic mass is 35.5. The molecule has 1 atom stereocenters. The van der Waals surface area contributed by atoms with Gasteiger partial charge < -0.3 is 29.4 Å². The number of carbonyl (C=O) groups excluding carboxylic acids is 1. The molecule has 4 aromatic rings. The Labute approximate surface area is 234 Å². The number of anilines is 1. The first-order valence-corrected chi connectivity index (χ1v) is 12.6. The first-order valence-electron chi connectivity index (χ1n) is 12.2. The van der Waals surface area contributed by atoms with Crippen LogP contribution < -0.4 is 24.3 Å². The molecule has 1 aliphatic heterocycles. The van der Waals surface area contributed by atoms with Gasteiger partial charge in [-0.15, -0.1) is 0 Å². The normalized spacial score (nSPS) is 13.9. The molecule has 0 fully saturated rings. The number of carboxylic acid groups (broad SMARTS) is 1. The average Bonchev–Trinajstić information content (AvgIpc) is 2.97. The summed E-state index contributed by atoms with van der Waals surface area (Å²) in [4.78, 5) is 33.3. The molecule has 1 amide bonds. The van der Waals surface area contributed by atoms with Crippen molar-refractivity contribution in [3.8, 4) is 40.1 Å². The van der Waals surface area contributed by atoms with E-state index in [-0.39, 0.29) is 17.5 Å². The van der Waals surface area contributed by atoms with Crippen molar-refractivity contribution in [2.75, 3.05) is 26.1 Å². The number of hydrogen-bond donors (Lipinski definition) is 2. The van der Waals surface area contributed by atoms with Crippen molar-refractivity contribution in [2.45, 2.75) is 12.3 Å². The molecule has 40 heavy (non-hydrogen) atoms. The van der Waals surface area contributed by atoms with Crippen LogP contribution in [-0.2, 0) is 4.79 Å². The number of rotatable bonds is 8. The van der Waals surface area contributed by atoms with E-state index in [0.717, 1.165) is 0 Å². The Hall–Kier alpha value is -4.83. The second-order valence-electron chi connectivity index (χ2n) is 8.74. The Morgan fingerprint density at radius 1 is 1.05 bits per heavy atom. The van der Waals surface area contributed by atoms with E-state index in [9.17, 15) is 14.7 Å². The lowest BCUT2D eigenvalue weighted by molar-refractivity contribution is -0.139. The number of halogens is 1. The van der Waals surface area contributed by atoms with Crippen LogP contribution in [-0.4, -0.2) is 47.8 Å². The minimum Gasteiger partial charge on any atom is -0.493 e. The average molecular weight is 562 g/mol. The van der Waals surface area contributed by atoms with E-state index in [1.54, 1.807) is 66.9 Å². The Balaban J connectivity index is 1.33. The number of carboxylic acids is 1. The molecule has 0 spiro atoms. The third-order valence-corrected chi connectivity index (χ3v) is 6.61. The summed E-state index contributed by atoms with van der Waals surface area (Å²) in [5.41, 5.74) is 2.14. The van der Waals surface area contributed by atoms with E-state index >= 15 is 0 Å². The molecule has 0 saturated heterocycles. The number of nitrogens with zero attached hydrogens (tertiary/aromatic N) is 2. The van der Waals surface area contributed by atoms with Crippen LogP contribution in [0.1, 0.15) is 28.3 Å². The van der Waals surface area contributed by atoms with Gasteiger partial charge in [0, 0.05) is 40.6 Å². The Bertz CT molecular complexity index is 1580. The van der Waals surface area contributed by atoms with Gasteiger partial charge in [-0.1, -0.05) is 11.6 Å². The Kier molecular flexibility index (Phi) is 7.70. The highest BCUT2D eigenvalue weighted by molar-refractivity contribution is 6.32. The van der Waals surface area contributed by atoms with Crippen molar-refractivity contribution in [1.29, 1.82) is 0 Å². The Morgan fingerprint density at radius 2 is 1.85 bits per heavy atom. The van der Waals surface area contributed by atoms with Gasteiger partial charge in [-0.3, -0.25) is 9.59 Å². The molecule has 0 radical (unpaired) electrons. The summed E-state index contributed by atoms with van der Waals surface area (Å²) in [7, 11) is 3.01. The van der Waals surface area contributed by atoms with E-state index in [1.165, 1.54) is 14.2 Å². The van der Waals surface area contributed by atoms with E-state index in [4.69, 9.17) is 30.5 Å². The largest absolute Gasteiger partial charge is 0.493 e. The summed E-state index contributed by atoms with van der Waals surface area (Å²) in [6.07, 6.45) is 1.94. The van der Waals surface area contributed by atoms with Gasteiger partial charge in [0.25, 0.3) is 5.91 Å². The maximum absolute atomic E-state index is 13.1. The van der Waals surface area contributed by atoms with Gasteiger partial charge in [-0.05, 0) is 55.0 Å². The molecule has 11 heteroatoms. The summed E-state index contributed by atoms with van der Waals surface area (Å²) < 4.78 is 22.1. The van der Waals surface area contributed by atoms with Crippen molar-refractivity contribution < 1.29 is 33.6 Å². The highest BCUT2D eigenvalue weighted by Gasteiger charge is 2.29. The number of amides is 1. The lowest BCUT2D eigenvalue weighted by atomic mass is 9.93. The zero-order valence-electron chi connectivity index (χ0n) is 21.5. The Morgan fingerprint density at radius 3 is 2.58 bits per heavy atom. The first kappa shape index (κ1) is 26.8. The van der Waals surface area contributed by atoms with Gasteiger partial charge in [0.05, 0.1) is 31.8 Å². The molecule has 1 unspecified atom stereocenters.